The highest BCUT2D eigenvalue weighted by molar-refractivity contribution is 7.90. The average molecular weight is 577 g/mol. The van der Waals surface area contributed by atoms with Gasteiger partial charge in [0.05, 0.1) is 5.69 Å². The Labute approximate surface area is 244 Å². The number of carbonyl (C=O) groups is 2. The van der Waals surface area contributed by atoms with Gasteiger partial charge in [-0.15, -0.1) is 0 Å². The van der Waals surface area contributed by atoms with Crippen LogP contribution in [0.25, 0.3) is 0 Å². The molecule has 3 aromatic carbocycles. The van der Waals surface area contributed by atoms with Crippen LogP contribution in [-0.2, 0) is 32.8 Å². The summed E-state index contributed by atoms with van der Waals surface area (Å²) in [6.45, 7) is 1.70. The van der Waals surface area contributed by atoms with Crippen molar-refractivity contribution in [1.82, 2.24) is 14.5 Å². The quantitative estimate of drug-likeness (QED) is 0.348. The maximum absolute atomic E-state index is 14.3. The Morgan fingerprint density at radius 2 is 1.49 bits per heavy atom. The molecule has 8 nitrogen and oxygen atoms in total. The molecule has 1 saturated carbocycles. The standard InChI is InChI=1S/C32H40N4O4S/c1-25-13-12-16-27(21-25)23-35(31(37)24-36(41(39,40)34(2)3)29-19-8-5-9-20-29)30(22-26-14-6-4-7-15-26)32(38)33-28-17-10-11-18-28/h4-9,12-16,19-21,28,30H,10-11,17-18,22-24H2,1-3H3,(H,33,38). The van der Waals surface area contributed by atoms with Crippen molar-refractivity contribution in [3.8, 4) is 0 Å². The van der Waals surface area contributed by atoms with E-state index in [1.807, 2.05) is 61.5 Å². The van der Waals surface area contributed by atoms with Crippen LogP contribution in [0, 0.1) is 6.92 Å². The first-order valence-corrected chi connectivity index (χ1v) is 15.5. The van der Waals surface area contributed by atoms with Crippen LogP contribution < -0.4 is 9.62 Å². The van der Waals surface area contributed by atoms with Crippen molar-refractivity contribution in [2.24, 2.45) is 0 Å². The Bertz CT molecular complexity index is 1410. The number of hydrogen-bond acceptors (Lipinski definition) is 4. The Hall–Kier alpha value is -3.69. The molecule has 41 heavy (non-hydrogen) atoms. The van der Waals surface area contributed by atoms with E-state index in [1.54, 1.807) is 35.2 Å². The van der Waals surface area contributed by atoms with Gasteiger partial charge in [-0.1, -0.05) is 91.2 Å². The van der Waals surface area contributed by atoms with E-state index in [-0.39, 0.29) is 18.5 Å². The molecule has 0 heterocycles. The molecule has 3 aromatic rings. The average Bonchev–Trinajstić information content (AvgIpc) is 3.47. The molecule has 0 bridgehead atoms. The summed E-state index contributed by atoms with van der Waals surface area (Å²) in [6, 6.07) is 25.3. The fraction of sp³-hybridized carbons (Fsp3) is 0.375. The summed E-state index contributed by atoms with van der Waals surface area (Å²) in [7, 11) is -1.13. The maximum atomic E-state index is 14.3. The molecule has 0 aliphatic heterocycles. The van der Waals surface area contributed by atoms with Crippen LogP contribution in [0.15, 0.2) is 84.9 Å². The molecule has 0 spiro atoms. The molecule has 0 saturated heterocycles. The summed E-state index contributed by atoms with van der Waals surface area (Å²) in [6.07, 6.45) is 4.27. The third-order valence-electron chi connectivity index (χ3n) is 7.47. The molecule has 1 fully saturated rings. The second-order valence-electron chi connectivity index (χ2n) is 10.8. The lowest BCUT2D eigenvalue weighted by Gasteiger charge is -2.35. The number of hydrogen-bond donors (Lipinski definition) is 1. The van der Waals surface area contributed by atoms with Crippen molar-refractivity contribution >= 4 is 27.7 Å². The van der Waals surface area contributed by atoms with Crippen molar-refractivity contribution in [2.45, 2.75) is 57.7 Å². The van der Waals surface area contributed by atoms with Crippen LogP contribution >= 0.6 is 0 Å². The van der Waals surface area contributed by atoms with Gasteiger partial charge in [-0.2, -0.15) is 12.7 Å². The van der Waals surface area contributed by atoms with Crippen LogP contribution in [-0.4, -0.2) is 62.2 Å². The first-order chi connectivity index (χ1) is 19.6. The topological polar surface area (TPSA) is 90.0 Å². The van der Waals surface area contributed by atoms with E-state index in [2.05, 4.69) is 5.32 Å². The number of carbonyl (C=O) groups excluding carboxylic acids is 2. The fourth-order valence-electron chi connectivity index (χ4n) is 5.24. The normalized spacial score (nSPS) is 14.5. The van der Waals surface area contributed by atoms with Gasteiger partial charge in [-0.25, -0.2) is 4.31 Å². The number of anilines is 1. The lowest BCUT2D eigenvalue weighted by molar-refractivity contribution is -0.140. The van der Waals surface area contributed by atoms with Crippen LogP contribution in [0.4, 0.5) is 5.69 Å². The molecule has 0 radical (unpaired) electrons. The summed E-state index contributed by atoms with van der Waals surface area (Å²) >= 11 is 0. The molecule has 1 unspecified atom stereocenters. The molecule has 1 N–H and O–H groups in total. The highest BCUT2D eigenvalue weighted by Crippen LogP contribution is 2.23. The van der Waals surface area contributed by atoms with Crippen molar-refractivity contribution in [3.63, 3.8) is 0 Å². The molecular weight excluding hydrogens is 536 g/mol. The lowest BCUT2D eigenvalue weighted by atomic mass is 10.0. The van der Waals surface area contributed by atoms with Gasteiger partial charge in [0.15, 0.2) is 0 Å². The molecule has 0 aromatic heterocycles. The Balaban J connectivity index is 1.74. The molecule has 9 heteroatoms. The van der Waals surface area contributed by atoms with Crippen molar-refractivity contribution in [2.75, 3.05) is 24.9 Å². The molecule has 1 atom stereocenters. The first kappa shape index (κ1) is 30.3. The molecule has 218 valence electrons. The van der Waals surface area contributed by atoms with Crippen molar-refractivity contribution in [1.29, 1.82) is 0 Å². The molecule has 1 aliphatic rings. The number of nitrogens with zero attached hydrogens (tertiary/aromatic N) is 3. The highest BCUT2D eigenvalue weighted by Gasteiger charge is 2.35. The van der Waals surface area contributed by atoms with Gasteiger partial charge in [0.2, 0.25) is 11.8 Å². The molecular formula is C32H40N4O4S. The Morgan fingerprint density at radius 3 is 2.10 bits per heavy atom. The summed E-state index contributed by atoms with van der Waals surface area (Å²) < 4.78 is 29.0. The van der Waals surface area contributed by atoms with Gasteiger partial charge in [0.1, 0.15) is 12.6 Å². The zero-order chi connectivity index (χ0) is 29.4. The highest BCUT2D eigenvalue weighted by atomic mass is 32.2. The lowest BCUT2D eigenvalue weighted by Crippen LogP contribution is -2.55. The summed E-state index contributed by atoms with van der Waals surface area (Å²) in [5.74, 6) is -0.674. The minimum atomic E-state index is -4.01. The van der Waals surface area contributed by atoms with E-state index >= 15 is 0 Å². The van der Waals surface area contributed by atoms with E-state index in [1.165, 1.54) is 14.1 Å². The molecule has 4 rings (SSSR count). The van der Waals surface area contributed by atoms with Gasteiger partial charge < -0.3 is 10.2 Å². The fourth-order valence-corrected chi connectivity index (χ4v) is 6.30. The minimum absolute atomic E-state index is 0.0756. The number of benzene rings is 3. The van der Waals surface area contributed by atoms with Crippen molar-refractivity contribution < 1.29 is 18.0 Å². The summed E-state index contributed by atoms with van der Waals surface area (Å²) in [5.41, 5.74) is 3.19. The Morgan fingerprint density at radius 1 is 0.878 bits per heavy atom. The van der Waals surface area contributed by atoms with Gasteiger partial charge in [0.25, 0.3) is 0 Å². The minimum Gasteiger partial charge on any atom is -0.352 e. The SMILES string of the molecule is Cc1cccc(CN(C(=O)CN(c2ccccc2)S(=O)(=O)N(C)C)C(Cc2ccccc2)C(=O)NC2CCCC2)c1. The second kappa shape index (κ2) is 13.8. The smallest absolute Gasteiger partial charge is 0.304 e. The van der Waals surface area contributed by atoms with Crippen molar-refractivity contribution in [3.05, 3.63) is 102 Å². The zero-order valence-electron chi connectivity index (χ0n) is 24.1. The van der Waals surface area contributed by atoms with Gasteiger partial charge in [-0.3, -0.25) is 9.59 Å². The number of para-hydroxylation sites is 1. The van der Waals surface area contributed by atoms with E-state index in [0.717, 1.165) is 51.0 Å². The van der Waals surface area contributed by atoms with Crippen LogP contribution in [0.3, 0.4) is 0 Å². The summed E-state index contributed by atoms with van der Waals surface area (Å²) in [4.78, 5) is 29.8. The Kier molecular flexibility index (Phi) is 10.2. The predicted molar refractivity (Wildman–Crippen MR) is 162 cm³/mol. The molecule has 1 aliphatic carbocycles. The van der Waals surface area contributed by atoms with Crippen LogP contribution in [0.2, 0.25) is 0 Å². The van der Waals surface area contributed by atoms with E-state index in [0.29, 0.717) is 12.1 Å². The number of nitrogens with one attached hydrogen (secondary N) is 1. The predicted octanol–water partition coefficient (Wildman–Crippen LogP) is 4.31. The van der Waals surface area contributed by atoms with Gasteiger partial charge >= 0.3 is 10.2 Å². The maximum Gasteiger partial charge on any atom is 0.304 e. The third-order valence-corrected chi connectivity index (χ3v) is 9.29. The summed E-state index contributed by atoms with van der Waals surface area (Å²) in [5, 5.41) is 3.19. The largest absolute Gasteiger partial charge is 0.352 e. The number of amides is 2. The first-order valence-electron chi connectivity index (χ1n) is 14.1. The zero-order valence-corrected chi connectivity index (χ0v) is 24.9. The number of rotatable bonds is 12. The van der Waals surface area contributed by atoms with E-state index in [4.69, 9.17) is 0 Å². The molecule has 2 amide bonds. The monoisotopic (exact) mass is 576 g/mol. The van der Waals surface area contributed by atoms with Gasteiger partial charge in [0, 0.05) is 33.1 Å². The van der Waals surface area contributed by atoms with E-state index in [9.17, 15) is 18.0 Å². The van der Waals surface area contributed by atoms with Crippen LogP contribution in [0.1, 0.15) is 42.4 Å². The second-order valence-corrected chi connectivity index (χ2v) is 12.9. The van der Waals surface area contributed by atoms with Gasteiger partial charge in [-0.05, 0) is 43.0 Å². The van der Waals surface area contributed by atoms with E-state index < -0.39 is 28.7 Å². The third kappa shape index (κ3) is 7.95. The number of aryl methyl sites for hydroxylation is 1. The van der Waals surface area contributed by atoms with Crippen LogP contribution in [0.5, 0.6) is 0 Å².